The summed E-state index contributed by atoms with van der Waals surface area (Å²) in [6.07, 6.45) is 2.11. The number of rotatable bonds is 7. The Hall–Kier alpha value is -2.04. The van der Waals surface area contributed by atoms with Gasteiger partial charge in [0, 0.05) is 13.1 Å². The Bertz CT molecular complexity index is 654. The fourth-order valence-electron chi connectivity index (χ4n) is 2.35. The van der Waals surface area contributed by atoms with Gasteiger partial charge in [0.15, 0.2) is 0 Å². The topological polar surface area (TPSA) is 54.6 Å². The summed E-state index contributed by atoms with van der Waals surface area (Å²) < 4.78 is 10.7. The largest absolute Gasteiger partial charge is 0.497 e. The molecule has 4 nitrogen and oxygen atoms in total. The van der Waals surface area contributed by atoms with Gasteiger partial charge in [-0.1, -0.05) is 23.8 Å². The molecule has 4 heteroatoms. The van der Waals surface area contributed by atoms with E-state index in [0.29, 0.717) is 18.8 Å². The molecule has 0 bridgehead atoms. The number of benzene rings is 1. The van der Waals surface area contributed by atoms with E-state index in [1.54, 1.807) is 14.0 Å². The van der Waals surface area contributed by atoms with Crippen LogP contribution in [0.25, 0.3) is 6.08 Å². The standard InChI is InChI=1S/C19H25NO3/c1-14(11-16-6-8-17(22-4)9-7-16)12-20-13-19(3,21)18-10-5-15(2)23-18/h5-11,20-21H,12-13H2,1-4H3/b14-11-. The van der Waals surface area contributed by atoms with Gasteiger partial charge in [-0.05, 0) is 50.6 Å². The molecule has 2 N–H and O–H groups in total. The second kappa shape index (κ2) is 7.49. The van der Waals surface area contributed by atoms with Crippen LogP contribution in [0.15, 0.2) is 46.4 Å². The van der Waals surface area contributed by atoms with E-state index in [2.05, 4.69) is 18.3 Å². The number of furan rings is 1. The molecule has 0 aliphatic carbocycles. The van der Waals surface area contributed by atoms with Crippen molar-refractivity contribution in [2.24, 2.45) is 0 Å². The average molecular weight is 315 g/mol. The predicted octanol–water partition coefficient (Wildman–Crippen LogP) is 3.50. The molecule has 0 saturated carbocycles. The monoisotopic (exact) mass is 315 g/mol. The first-order valence-corrected chi connectivity index (χ1v) is 7.72. The SMILES string of the molecule is COc1ccc(/C=C(/C)CNCC(C)(O)c2ccc(C)o2)cc1. The lowest BCUT2D eigenvalue weighted by atomic mass is 10.0. The molecule has 0 fully saturated rings. The Kier molecular flexibility index (Phi) is 5.64. The van der Waals surface area contributed by atoms with Crippen molar-refractivity contribution in [2.45, 2.75) is 26.4 Å². The Labute approximate surface area is 137 Å². The third-order valence-electron chi connectivity index (χ3n) is 3.67. The van der Waals surface area contributed by atoms with Gasteiger partial charge in [-0.2, -0.15) is 0 Å². The predicted molar refractivity (Wildman–Crippen MR) is 92.5 cm³/mol. The van der Waals surface area contributed by atoms with Gasteiger partial charge in [0.2, 0.25) is 0 Å². The van der Waals surface area contributed by atoms with Gasteiger partial charge in [0.1, 0.15) is 22.9 Å². The molecule has 1 aromatic heterocycles. The van der Waals surface area contributed by atoms with Gasteiger partial charge in [-0.3, -0.25) is 0 Å². The molecular weight excluding hydrogens is 290 g/mol. The lowest BCUT2D eigenvalue weighted by molar-refractivity contribution is 0.0344. The smallest absolute Gasteiger partial charge is 0.136 e. The molecule has 0 aliphatic heterocycles. The van der Waals surface area contributed by atoms with Gasteiger partial charge in [-0.15, -0.1) is 0 Å². The molecule has 2 aromatic rings. The molecule has 0 saturated heterocycles. The molecule has 0 amide bonds. The van der Waals surface area contributed by atoms with Crippen molar-refractivity contribution in [3.63, 3.8) is 0 Å². The molecule has 2 rings (SSSR count). The number of hydrogen-bond donors (Lipinski definition) is 2. The molecule has 1 unspecified atom stereocenters. The van der Waals surface area contributed by atoms with Gasteiger partial charge >= 0.3 is 0 Å². The molecule has 1 aromatic carbocycles. The quantitative estimate of drug-likeness (QED) is 0.821. The summed E-state index contributed by atoms with van der Waals surface area (Å²) in [7, 11) is 1.66. The maximum Gasteiger partial charge on any atom is 0.136 e. The van der Waals surface area contributed by atoms with E-state index in [0.717, 1.165) is 17.1 Å². The molecule has 0 spiro atoms. The third kappa shape index (κ3) is 4.98. The van der Waals surface area contributed by atoms with E-state index in [1.807, 2.05) is 43.3 Å². The van der Waals surface area contributed by atoms with Crippen LogP contribution in [-0.2, 0) is 5.60 Å². The lowest BCUT2D eigenvalue weighted by Crippen LogP contribution is -2.35. The fourth-order valence-corrected chi connectivity index (χ4v) is 2.35. The van der Waals surface area contributed by atoms with Crippen molar-refractivity contribution in [2.75, 3.05) is 20.2 Å². The molecule has 1 atom stereocenters. The van der Waals surface area contributed by atoms with E-state index >= 15 is 0 Å². The number of aryl methyl sites for hydroxylation is 1. The highest BCUT2D eigenvalue weighted by atomic mass is 16.5. The molecule has 124 valence electrons. The summed E-state index contributed by atoms with van der Waals surface area (Å²) in [5.41, 5.74) is 1.29. The Morgan fingerprint density at radius 3 is 2.52 bits per heavy atom. The third-order valence-corrected chi connectivity index (χ3v) is 3.67. The Morgan fingerprint density at radius 1 is 1.26 bits per heavy atom. The Balaban J connectivity index is 1.88. The van der Waals surface area contributed by atoms with Crippen molar-refractivity contribution in [1.29, 1.82) is 0 Å². The first kappa shape index (κ1) is 17.3. The van der Waals surface area contributed by atoms with E-state index in [1.165, 1.54) is 5.57 Å². The van der Waals surface area contributed by atoms with Gasteiger partial charge < -0.3 is 19.6 Å². The highest BCUT2D eigenvalue weighted by molar-refractivity contribution is 5.53. The minimum absolute atomic E-state index is 0.424. The molecule has 0 aliphatic rings. The summed E-state index contributed by atoms with van der Waals surface area (Å²) in [5, 5.41) is 13.7. The van der Waals surface area contributed by atoms with Crippen LogP contribution in [0, 0.1) is 6.92 Å². The van der Waals surface area contributed by atoms with Crippen molar-refractivity contribution in [3.05, 3.63) is 59.1 Å². The summed E-state index contributed by atoms with van der Waals surface area (Å²) in [5.74, 6) is 2.23. The van der Waals surface area contributed by atoms with E-state index in [4.69, 9.17) is 9.15 Å². The maximum absolute atomic E-state index is 10.5. The number of methoxy groups -OCH3 is 1. The first-order chi connectivity index (χ1) is 10.9. The van der Waals surface area contributed by atoms with Gasteiger partial charge in [0.25, 0.3) is 0 Å². The number of aliphatic hydroxyl groups is 1. The summed E-state index contributed by atoms with van der Waals surface area (Å²) in [6.45, 7) is 6.80. The minimum Gasteiger partial charge on any atom is -0.497 e. The normalized spacial score (nSPS) is 14.6. The average Bonchev–Trinajstić information content (AvgIpc) is 2.95. The zero-order valence-electron chi connectivity index (χ0n) is 14.2. The van der Waals surface area contributed by atoms with Gasteiger partial charge in [0.05, 0.1) is 7.11 Å². The maximum atomic E-state index is 10.5. The highest BCUT2D eigenvalue weighted by Crippen LogP contribution is 2.22. The zero-order chi connectivity index (χ0) is 16.9. The summed E-state index contributed by atoms with van der Waals surface area (Å²) in [4.78, 5) is 0. The summed E-state index contributed by atoms with van der Waals surface area (Å²) >= 11 is 0. The van der Waals surface area contributed by atoms with Crippen LogP contribution in [0.3, 0.4) is 0 Å². The minimum atomic E-state index is -1.02. The second-order valence-electron chi connectivity index (χ2n) is 6.05. The number of nitrogens with one attached hydrogen (secondary N) is 1. The van der Waals surface area contributed by atoms with Crippen LogP contribution < -0.4 is 10.1 Å². The molecule has 1 heterocycles. The highest BCUT2D eigenvalue weighted by Gasteiger charge is 2.26. The molecule has 23 heavy (non-hydrogen) atoms. The van der Waals surface area contributed by atoms with Crippen LogP contribution in [0.2, 0.25) is 0 Å². The lowest BCUT2D eigenvalue weighted by Gasteiger charge is -2.21. The van der Waals surface area contributed by atoms with Crippen LogP contribution in [0.4, 0.5) is 0 Å². The van der Waals surface area contributed by atoms with Crippen molar-refractivity contribution < 1.29 is 14.3 Å². The van der Waals surface area contributed by atoms with Crippen LogP contribution >= 0.6 is 0 Å². The van der Waals surface area contributed by atoms with Crippen LogP contribution in [0.5, 0.6) is 5.75 Å². The first-order valence-electron chi connectivity index (χ1n) is 7.72. The van der Waals surface area contributed by atoms with Gasteiger partial charge in [-0.25, -0.2) is 0 Å². The van der Waals surface area contributed by atoms with Crippen molar-refractivity contribution in [3.8, 4) is 5.75 Å². The second-order valence-corrected chi connectivity index (χ2v) is 6.05. The van der Waals surface area contributed by atoms with Crippen molar-refractivity contribution in [1.82, 2.24) is 5.32 Å². The fraction of sp³-hybridized carbons (Fsp3) is 0.368. The summed E-state index contributed by atoms with van der Waals surface area (Å²) in [6, 6.07) is 11.6. The molecular formula is C19H25NO3. The molecule has 0 radical (unpaired) electrons. The Morgan fingerprint density at radius 2 is 1.96 bits per heavy atom. The van der Waals surface area contributed by atoms with E-state index in [9.17, 15) is 5.11 Å². The van der Waals surface area contributed by atoms with E-state index < -0.39 is 5.60 Å². The number of hydrogen-bond acceptors (Lipinski definition) is 4. The zero-order valence-corrected chi connectivity index (χ0v) is 14.2. The number of ether oxygens (including phenoxy) is 1. The van der Waals surface area contributed by atoms with Crippen molar-refractivity contribution >= 4 is 6.08 Å². The van der Waals surface area contributed by atoms with Crippen LogP contribution in [-0.4, -0.2) is 25.3 Å². The van der Waals surface area contributed by atoms with Crippen LogP contribution in [0.1, 0.15) is 30.9 Å². The van der Waals surface area contributed by atoms with E-state index in [-0.39, 0.29) is 0 Å².